The van der Waals surface area contributed by atoms with E-state index in [2.05, 4.69) is 4.40 Å². The molecule has 1 aromatic carbocycles. The van der Waals surface area contributed by atoms with Crippen LogP contribution in [0.25, 0.3) is 0 Å². The van der Waals surface area contributed by atoms with Gasteiger partial charge in [-0.3, -0.25) is 0 Å². The minimum Gasteiger partial charge on any atom is -0.479 e. The summed E-state index contributed by atoms with van der Waals surface area (Å²) in [4.78, 5) is 0. The summed E-state index contributed by atoms with van der Waals surface area (Å²) >= 11 is 0. The van der Waals surface area contributed by atoms with Crippen LogP contribution >= 0.6 is 0 Å². The standard InChI is InChI=1S/C13H14N2O3S/c1-2-18-12-13(11-7-4-3-5-8-11)9-6-10-15(13)19(16,17)14-12/h3-9H,2,10H2,1H3/t13-/m0/s1. The van der Waals surface area contributed by atoms with Gasteiger partial charge in [0.05, 0.1) is 6.61 Å². The molecular weight excluding hydrogens is 264 g/mol. The smallest absolute Gasteiger partial charge is 0.327 e. The van der Waals surface area contributed by atoms with Crippen LogP contribution in [0.4, 0.5) is 0 Å². The van der Waals surface area contributed by atoms with Crippen LogP contribution in [-0.2, 0) is 20.5 Å². The van der Waals surface area contributed by atoms with Crippen LogP contribution in [0.15, 0.2) is 46.9 Å². The Morgan fingerprint density at radius 2 is 2.11 bits per heavy atom. The fraction of sp³-hybridized carbons (Fsp3) is 0.308. The fourth-order valence-corrected chi connectivity index (χ4v) is 3.94. The Morgan fingerprint density at radius 1 is 1.37 bits per heavy atom. The molecule has 0 spiro atoms. The van der Waals surface area contributed by atoms with Crippen LogP contribution in [0, 0.1) is 0 Å². The number of rotatable bonds is 2. The van der Waals surface area contributed by atoms with Gasteiger partial charge in [-0.2, -0.15) is 12.7 Å². The van der Waals surface area contributed by atoms with E-state index < -0.39 is 15.7 Å². The SMILES string of the molecule is CCOC1=NS(=O)(=O)N2CC=C[C@]12c1ccccc1. The summed E-state index contributed by atoms with van der Waals surface area (Å²) < 4.78 is 34.9. The summed E-state index contributed by atoms with van der Waals surface area (Å²) in [5.41, 5.74) is -0.0622. The van der Waals surface area contributed by atoms with Gasteiger partial charge in [0.2, 0.25) is 5.90 Å². The number of fused-ring (bicyclic) bond motifs is 1. The molecule has 0 aromatic heterocycles. The number of nitrogens with zero attached hydrogens (tertiary/aromatic N) is 2. The third-order valence-corrected chi connectivity index (χ3v) is 4.71. The van der Waals surface area contributed by atoms with Gasteiger partial charge < -0.3 is 4.74 Å². The molecule has 2 aliphatic heterocycles. The molecular formula is C13H14N2O3S. The summed E-state index contributed by atoms with van der Waals surface area (Å²) in [7, 11) is -3.67. The largest absolute Gasteiger partial charge is 0.479 e. The second-order valence-corrected chi connectivity index (χ2v) is 5.89. The van der Waals surface area contributed by atoms with E-state index in [4.69, 9.17) is 4.74 Å². The second kappa shape index (κ2) is 4.18. The molecule has 0 N–H and O–H groups in total. The summed E-state index contributed by atoms with van der Waals surface area (Å²) in [6.45, 7) is 2.51. The molecule has 2 heterocycles. The molecule has 6 heteroatoms. The third kappa shape index (κ3) is 1.63. The molecule has 1 aromatic rings. The molecule has 0 bridgehead atoms. The van der Waals surface area contributed by atoms with Crippen molar-refractivity contribution < 1.29 is 13.2 Å². The van der Waals surface area contributed by atoms with Crippen LogP contribution in [0.1, 0.15) is 12.5 Å². The zero-order valence-electron chi connectivity index (χ0n) is 10.5. The topological polar surface area (TPSA) is 59.0 Å². The molecule has 19 heavy (non-hydrogen) atoms. The van der Waals surface area contributed by atoms with Crippen molar-refractivity contribution in [1.82, 2.24) is 4.31 Å². The Kier molecular flexibility index (Phi) is 2.72. The van der Waals surface area contributed by atoms with Crippen LogP contribution in [-0.4, -0.2) is 31.8 Å². The zero-order valence-corrected chi connectivity index (χ0v) is 11.3. The molecule has 0 aliphatic carbocycles. The average Bonchev–Trinajstić information content (AvgIpc) is 2.92. The lowest BCUT2D eigenvalue weighted by Gasteiger charge is -2.30. The maximum Gasteiger partial charge on any atom is 0.327 e. The maximum atomic E-state index is 12.1. The molecule has 100 valence electrons. The van der Waals surface area contributed by atoms with Crippen molar-refractivity contribution in [3.63, 3.8) is 0 Å². The lowest BCUT2D eigenvalue weighted by Crippen LogP contribution is -2.45. The average molecular weight is 278 g/mol. The number of hydrogen-bond donors (Lipinski definition) is 0. The van der Waals surface area contributed by atoms with Gasteiger partial charge in [0.15, 0.2) is 5.54 Å². The van der Waals surface area contributed by atoms with E-state index in [-0.39, 0.29) is 5.90 Å². The van der Waals surface area contributed by atoms with Crippen molar-refractivity contribution in [2.75, 3.05) is 13.2 Å². The minimum absolute atomic E-state index is 0.231. The van der Waals surface area contributed by atoms with E-state index in [9.17, 15) is 8.42 Å². The molecule has 0 saturated heterocycles. The predicted octanol–water partition coefficient (Wildman–Crippen LogP) is 1.45. The van der Waals surface area contributed by atoms with Gasteiger partial charge in [0.25, 0.3) is 0 Å². The van der Waals surface area contributed by atoms with Gasteiger partial charge in [0.1, 0.15) is 0 Å². The highest BCUT2D eigenvalue weighted by Gasteiger charge is 2.56. The summed E-state index contributed by atoms with van der Waals surface area (Å²) in [6.07, 6.45) is 3.68. The van der Waals surface area contributed by atoms with Gasteiger partial charge in [-0.05, 0) is 12.5 Å². The third-order valence-electron chi connectivity index (χ3n) is 3.32. The lowest BCUT2D eigenvalue weighted by atomic mass is 9.91. The number of benzene rings is 1. The van der Waals surface area contributed by atoms with E-state index in [0.29, 0.717) is 13.2 Å². The lowest BCUT2D eigenvalue weighted by molar-refractivity contribution is 0.265. The summed E-state index contributed by atoms with van der Waals surface area (Å²) in [6, 6.07) is 9.42. The van der Waals surface area contributed by atoms with Crippen molar-refractivity contribution >= 4 is 16.1 Å². The van der Waals surface area contributed by atoms with Crippen molar-refractivity contribution in [3.8, 4) is 0 Å². The molecule has 0 unspecified atom stereocenters. The van der Waals surface area contributed by atoms with Crippen LogP contribution in [0.2, 0.25) is 0 Å². The molecule has 0 saturated carbocycles. The Morgan fingerprint density at radius 3 is 2.79 bits per heavy atom. The van der Waals surface area contributed by atoms with Crippen molar-refractivity contribution in [1.29, 1.82) is 0 Å². The minimum atomic E-state index is -3.67. The molecule has 0 amide bonds. The quantitative estimate of drug-likeness (QED) is 0.769. The normalized spacial score (nSPS) is 28.2. The summed E-state index contributed by atoms with van der Waals surface area (Å²) in [5.74, 6) is 0.231. The Bertz CT molecular complexity index is 652. The van der Waals surface area contributed by atoms with Crippen LogP contribution in [0.3, 0.4) is 0 Å². The number of ether oxygens (including phenoxy) is 1. The summed E-state index contributed by atoms with van der Waals surface area (Å²) in [5, 5.41) is 0. The highest BCUT2D eigenvalue weighted by atomic mass is 32.2. The van der Waals surface area contributed by atoms with Gasteiger partial charge in [-0.1, -0.05) is 42.5 Å². The fourth-order valence-electron chi connectivity index (χ4n) is 2.55. The van der Waals surface area contributed by atoms with E-state index in [1.165, 1.54) is 4.31 Å². The maximum absolute atomic E-state index is 12.1. The molecule has 5 nitrogen and oxygen atoms in total. The van der Waals surface area contributed by atoms with Crippen molar-refractivity contribution in [3.05, 3.63) is 48.0 Å². The highest BCUT2D eigenvalue weighted by Crippen LogP contribution is 2.43. The van der Waals surface area contributed by atoms with E-state index >= 15 is 0 Å². The Balaban J connectivity index is 2.21. The predicted molar refractivity (Wildman–Crippen MR) is 71.9 cm³/mol. The van der Waals surface area contributed by atoms with E-state index in [0.717, 1.165) is 5.56 Å². The Labute approximate surface area is 112 Å². The first-order valence-electron chi connectivity index (χ1n) is 6.10. The Hall–Kier alpha value is -1.66. The molecule has 0 fully saturated rings. The second-order valence-electron chi connectivity index (χ2n) is 4.37. The van der Waals surface area contributed by atoms with E-state index in [1.807, 2.05) is 49.4 Å². The first kappa shape index (κ1) is 12.4. The van der Waals surface area contributed by atoms with Crippen LogP contribution < -0.4 is 0 Å². The highest BCUT2D eigenvalue weighted by molar-refractivity contribution is 7.88. The van der Waals surface area contributed by atoms with Gasteiger partial charge >= 0.3 is 10.2 Å². The molecule has 0 radical (unpaired) electrons. The number of hydrogen-bond acceptors (Lipinski definition) is 3. The van der Waals surface area contributed by atoms with Crippen LogP contribution in [0.5, 0.6) is 0 Å². The van der Waals surface area contributed by atoms with Crippen molar-refractivity contribution in [2.24, 2.45) is 4.40 Å². The first-order chi connectivity index (χ1) is 9.11. The van der Waals surface area contributed by atoms with Crippen molar-refractivity contribution in [2.45, 2.75) is 12.5 Å². The van der Waals surface area contributed by atoms with E-state index in [1.54, 1.807) is 0 Å². The first-order valence-corrected chi connectivity index (χ1v) is 7.50. The molecule has 2 aliphatic rings. The molecule has 1 atom stereocenters. The van der Waals surface area contributed by atoms with Gasteiger partial charge in [-0.15, -0.1) is 4.40 Å². The van der Waals surface area contributed by atoms with Gasteiger partial charge in [-0.25, -0.2) is 0 Å². The zero-order chi connectivity index (χ0) is 13.5. The monoisotopic (exact) mass is 278 g/mol. The molecule has 3 rings (SSSR count). The van der Waals surface area contributed by atoms with Gasteiger partial charge in [0, 0.05) is 6.54 Å².